The van der Waals surface area contributed by atoms with Crippen molar-refractivity contribution in [3.05, 3.63) is 152 Å². The van der Waals surface area contributed by atoms with Crippen molar-refractivity contribution in [1.82, 2.24) is 0 Å². The van der Waals surface area contributed by atoms with Crippen molar-refractivity contribution in [1.29, 1.82) is 0 Å². The Kier molecular flexibility index (Phi) is 5.20. The van der Waals surface area contributed by atoms with Gasteiger partial charge in [-0.2, -0.15) is 0 Å². The van der Waals surface area contributed by atoms with E-state index in [1.165, 1.54) is 0 Å². The largest absolute Gasteiger partial charge is 0.455 e. The standard InChI is InChI=1S/C40H25NO2/c1-3-13-26(14-4-1)28-20-11-21-32-33-22-12-23-35(40(33)43-38(28)32)41(27-15-5-2-6-16-27)36-25-34-30-18-9-10-24-37(30)42-39(34)31-19-8-7-17-29(31)36/h1-25H. The Morgan fingerprint density at radius 2 is 0.977 bits per heavy atom. The average molecular weight is 552 g/mol. The molecule has 2 heterocycles. The summed E-state index contributed by atoms with van der Waals surface area (Å²) in [5.74, 6) is 0. The van der Waals surface area contributed by atoms with E-state index in [9.17, 15) is 0 Å². The van der Waals surface area contributed by atoms with Gasteiger partial charge in [0.05, 0.1) is 11.4 Å². The predicted octanol–water partition coefficient (Wildman–Crippen LogP) is 11.8. The highest BCUT2D eigenvalue weighted by molar-refractivity contribution is 6.21. The van der Waals surface area contributed by atoms with Crippen molar-refractivity contribution in [2.24, 2.45) is 0 Å². The molecule has 0 unspecified atom stereocenters. The first-order valence-corrected chi connectivity index (χ1v) is 14.5. The summed E-state index contributed by atoms with van der Waals surface area (Å²) in [7, 11) is 0. The van der Waals surface area contributed by atoms with E-state index in [-0.39, 0.29) is 0 Å². The number of para-hydroxylation sites is 4. The molecule has 0 atom stereocenters. The van der Waals surface area contributed by atoms with Gasteiger partial charge in [-0.15, -0.1) is 0 Å². The van der Waals surface area contributed by atoms with Crippen LogP contribution in [0.4, 0.5) is 17.1 Å². The predicted molar refractivity (Wildman–Crippen MR) is 179 cm³/mol. The monoisotopic (exact) mass is 551 g/mol. The lowest BCUT2D eigenvalue weighted by molar-refractivity contribution is 0.670. The van der Waals surface area contributed by atoms with E-state index in [4.69, 9.17) is 8.83 Å². The molecule has 7 aromatic carbocycles. The minimum atomic E-state index is 0.853. The third-order valence-corrected chi connectivity index (χ3v) is 8.45. The third kappa shape index (κ3) is 3.62. The summed E-state index contributed by atoms with van der Waals surface area (Å²) in [6.45, 7) is 0. The molecule has 3 nitrogen and oxygen atoms in total. The van der Waals surface area contributed by atoms with E-state index >= 15 is 0 Å². The number of furan rings is 2. The van der Waals surface area contributed by atoms with Gasteiger partial charge in [0.25, 0.3) is 0 Å². The van der Waals surface area contributed by atoms with E-state index in [0.717, 1.165) is 82.8 Å². The Balaban J connectivity index is 1.39. The maximum atomic E-state index is 6.89. The van der Waals surface area contributed by atoms with Crippen LogP contribution < -0.4 is 4.90 Å². The second-order valence-electron chi connectivity index (χ2n) is 10.9. The SMILES string of the molecule is c1ccc(-c2cccc3c2oc2c(N(c4ccccc4)c4cc5c6ccccc6oc5c5ccccc45)cccc23)cc1. The van der Waals surface area contributed by atoms with Gasteiger partial charge in [-0.05, 0) is 35.9 Å². The lowest BCUT2D eigenvalue weighted by Crippen LogP contribution is -2.10. The van der Waals surface area contributed by atoms with Crippen LogP contribution in [0.5, 0.6) is 0 Å². The Labute approximate surface area is 247 Å². The summed E-state index contributed by atoms with van der Waals surface area (Å²) in [6.07, 6.45) is 0. The van der Waals surface area contributed by atoms with Gasteiger partial charge >= 0.3 is 0 Å². The van der Waals surface area contributed by atoms with Gasteiger partial charge in [0, 0.05) is 43.6 Å². The molecule has 0 fully saturated rings. The minimum Gasteiger partial charge on any atom is -0.455 e. The van der Waals surface area contributed by atoms with Crippen molar-refractivity contribution in [3.8, 4) is 11.1 Å². The molecule has 0 saturated carbocycles. The van der Waals surface area contributed by atoms with Crippen molar-refractivity contribution in [2.45, 2.75) is 0 Å². The topological polar surface area (TPSA) is 29.5 Å². The second-order valence-corrected chi connectivity index (χ2v) is 10.9. The highest BCUT2D eigenvalue weighted by atomic mass is 16.3. The summed E-state index contributed by atoms with van der Waals surface area (Å²) in [6, 6.07) is 52.9. The van der Waals surface area contributed by atoms with Crippen LogP contribution in [0.15, 0.2) is 160 Å². The summed E-state index contributed by atoms with van der Waals surface area (Å²) in [5, 5.41) is 6.57. The van der Waals surface area contributed by atoms with Gasteiger partial charge in [-0.3, -0.25) is 0 Å². The Morgan fingerprint density at radius 3 is 1.79 bits per heavy atom. The van der Waals surface area contributed by atoms with E-state index in [1.807, 2.05) is 18.2 Å². The summed E-state index contributed by atoms with van der Waals surface area (Å²) >= 11 is 0. The third-order valence-electron chi connectivity index (χ3n) is 8.45. The number of benzene rings is 7. The molecule has 9 rings (SSSR count). The zero-order valence-corrected chi connectivity index (χ0v) is 23.2. The number of nitrogens with zero attached hydrogens (tertiary/aromatic N) is 1. The van der Waals surface area contributed by atoms with Crippen LogP contribution in [-0.2, 0) is 0 Å². The summed E-state index contributed by atoms with van der Waals surface area (Å²) < 4.78 is 13.3. The Bertz CT molecular complexity index is 2450. The van der Waals surface area contributed by atoms with Crippen molar-refractivity contribution >= 4 is 71.7 Å². The molecule has 0 aliphatic heterocycles. The molecule has 0 radical (unpaired) electrons. The van der Waals surface area contributed by atoms with Crippen molar-refractivity contribution in [3.63, 3.8) is 0 Å². The molecule has 2 aromatic heterocycles. The van der Waals surface area contributed by atoms with Crippen LogP contribution in [-0.4, -0.2) is 0 Å². The Morgan fingerprint density at radius 1 is 0.372 bits per heavy atom. The molecule has 202 valence electrons. The second kappa shape index (κ2) is 9.37. The van der Waals surface area contributed by atoms with Gasteiger partial charge in [0.1, 0.15) is 16.7 Å². The molecule has 3 heteroatoms. The van der Waals surface area contributed by atoms with Gasteiger partial charge in [0.2, 0.25) is 0 Å². The molecule has 0 aliphatic carbocycles. The molecule has 0 bridgehead atoms. The zero-order valence-electron chi connectivity index (χ0n) is 23.2. The average Bonchev–Trinajstić information content (AvgIpc) is 3.65. The minimum absolute atomic E-state index is 0.853. The molecule has 0 aliphatic rings. The van der Waals surface area contributed by atoms with Gasteiger partial charge in [-0.1, -0.05) is 121 Å². The molecular formula is C40H25NO2. The first-order chi connectivity index (χ1) is 21.3. The lowest BCUT2D eigenvalue weighted by atomic mass is 10.0. The lowest BCUT2D eigenvalue weighted by Gasteiger charge is -2.27. The van der Waals surface area contributed by atoms with E-state index < -0.39 is 0 Å². The highest BCUT2D eigenvalue weighted by Crippen LogP contribution is 2.47. The molecule has 0 saturated heterocycles. The first kappa shape index (κ1) is 23.9. The fraction of sp³-hybridized carbons (Fsp3) is 0. The molecule has 0 spiro atoms. The molecule has 0 amide bonds. The van der Waals surface area contributed by atoms with Gasteiger partial charge in [0.15, 0.2) is 5.58 Å². The van der Waals surface area contributed by atoms with Crippen molar-refractivity contribution in [2.75, 3.05) is 4.90 Å². The van der Waals surface area contributed by atoms with Crippen LogP contribution in [0.1, 0.15) is 0 Å². The van der Waals surface area contributed by atoms with Gasteiger partial charge in [-0.25, -0.2) is 0 Å². The molecule has 43 heavy (non-hydrogen) atoms. The summed E-state index contributed by atoms with van der Waals surface area (Å²) in [5.41, 5.74) is 8.86. The normalized spacial score (nSPS) is 11.7. The van der Waals surface area contributed by atoms with Crippen LogP contribution >= 0.6 is 0 Å². The Hall–Kier alpha value is -5.80. The first-order valence-electron chi connectivity index (χ1n) is 14.5. The fourth-order valence-corrected chi connectivity index (χ4v) is 6.52. The maximum Gasteiger partial charge on any atom is 0.159 e. The van der Waals surface area contributed by atoms with Crippen LogP contribution in [0, 0.1) is 0 Å². The zero-order chi connectivity index (χ0) is 28.3. The summed E-state index contributed by atoms with van der Waals surface area (Å²) in [4.78, 5) is 2.33. The molecule has 0 N–H and O–H groups in total. The van der Waals surface area contributed by atoms with Crippen LogP contribution in [0.3, 0.4) is 0 Å². The number of hydrogen-bond donors (Lipinski definition) is 0. The number of hydrogen-bond acceptors (Lipinski definition) is 3. The fourth-order valence-electron chi connectivity index (χ4n) is 6.52. The van der Waals surface area contributed by atoms with Crippen LogP contribution in [0.25, 0.3) is 65.8 Å². The van der Waals surface area contributed by atoms with Gasteiger partial charge < -0.3 is 13.7 Å². The quantitative estimate of drug-likeness (QED) is 0.218. The maximum absolute atomic E-state index is 6.89. The van der Waals surface area contributed by atoms with Crippen molar-refractivity contribution < 1.29 is 8.83 Å². The van der Waals surface area contributed by atoms with E-state index in [1.54, 1.807) is 0 Å². The van der Waals surface area contributed by atoms with Crippen LogP contribution in [0.2, 0.25) is 0 Å². The number of rotatable bonds is 4. The highest BCUT2D eigenvalue weighted by Gasteiger charge is 2.23. The smallest absolute Gasteiger partial charge is 0.159 e. The molecule has 9 aromatic rings. The van der Waals surface area contributed by atoms with E-state index in [2.05, 4.69) is 138 Å². The molecular weight excluding hydrogens is 526 g/mol. The number of fused-ring (bicyclic) bond motifs is 8. The number of anilines is 3. The van der Waals surface area contributed by atoms with E-state index in [0.29, 0.717) is 0 Å².